The van der Waals surface area contributed by atoms with Crippen molar-refractivity contribution >= 4 is 22.5 Å². The first-order valence-corrected chi connectivity index (χ1v) is 4.75. The molecule has 1 aromatic heterocycles. The fourth-order valence-corrected chi connectivity index (χ4v) is 1.30. The molecule has 2 heteroatoms. The number of hydrogen-bond donors (Lipinski definition) is 0. The number of rotatable bonds is 0. The van der Waals surface area contributed by atoms with Gasteiger partial charge in [-0.1, -0.05) is 31.5 Å². The molecule has 0 aliphatic rings. The first-order valence-electron chi connectivity index (χ1n) is 4.37. The molecule has 0 radical (unpaired) electrons. The van der Waals surface area contributed by atoms with Gasteiger partial charge < -0.3 is 0 Å². The van der Waals surface area contributed by atoms with Crippen molar-refractivity contribution in [2.75, 3.05) is 0 Å². The van der Waals surface area contributed by atoms with Crippen molar-refractivity contribution in [2.45, 2.75) is 13.8 Å². The summed E-state index contributed by atoms with van der Waals surface area (Å²) in [7, 11) is 0. The van der Waals surface area contributed by atoms with Gasteiger partial charge in [0.25, 0.3) is 0 Å². The lowest BCUT2D eigenvalue weighted by Crippen LogP contribution is -1.76. The molecular formula is C11H12ClN. The SMILES string of the molecule is CC.Clc1cccc2ncccc12. The van der Waals surface area contributed by atoms with Gasteiger partial charge in [-0.3, -0.25) is 4.98 Å². The normalized spacial score (nSPS) is 9.15. The molecule has 0 amide bonds. The van der Waals surface area contributed by atoms with E-state index in [4.69, 9.17) is 11.6 Å². The van der Waals surface area contributed by atoms with E-state index in [9.17, 15) is 0 Å². The summed E-state index contributed by atoms with van der Waals surface area (Å²) in [6.45, 7) is 4.00. The van der Waals surface area contributed by atoms with Gasteiger partial charge in [-0.05, 0) is 24.3 Å². The van der Waals surface area contributed by atoms with Gasteiger partial charge in [-0.15, -0.1) is 0 Å². The van der Waals surface area contributed by atoms with Crippen LogP contribution in [0.15, 0.2) is 36.5 Å². The van der Waals surface area contributed by atoms with Gasteiger partial charge in [0.15, 0.2) is 0 Å². The maximum Gasteiger partial charge on any atom is 0.0716 e. The number of nitrogens with zero attached hydrogens (tertiary/aromatic N) is 1. The van der Waals surface area contributed by atoms with Crippen molar-refractivity contribution in [3.8, 4) is 0 Å². The minimum Gasteiger partial charge on any atom is -0.256 e. The van der Waals surface area contributed by atoms with E-state index in [1.165, 1.54) is 0 Å². The number of benzene rings is 1. The molecule has 0 bridgehead atoms. The Hall–Kier alpha value is -1.08. The lowest BCUT2D eigenvalue weighted by Gasteiger charge is -1.96. The van der Waals surface area contributed by atoms with Crippen LogP contribution >= 0.6 is 11.6 Å². The van der Waals surface area contributed by atoms with E-state index >= 15 is 0 Å². The Morgan fingerprint density at radius 3 is 2.54 bits per heavy atom. The summed E-state index contributed by atoms with van der Waals surface area (Å²) in [5.41, 5.74) is 0.944. The Balaban J connectivity index is 0.000000396. The Morgan fingerprint density at radius 2 is 1.85 bits per heavy atom. The van der Waals surface area contributed by atoms with Crippen molar-refractivity contribution in [1.82, 2.24) is 4.98 Å². The average Bonchev–Trinajstić information content (AvgIpc) is 2.22. The molecule has 0 unspecified atom stereocenters. The average molecular weight is 194 g/mol. The highest BCUT2D eigenvalue weighted by Gasteiger charge is 1.95. The maximum atomic E-state index is 5.92. The van der Waals surface area contributed by atoms with Crippen molar-refractivity contribution in [3.63, 3.8) is 0 Å². The monoisotopic (exact) mass is 193 g/mol. The summed E-state index contributed by atoms with van der Waals surface area (Å²) in [4.78, 5) is 4.16. The third kappa shape index (κ3) is 2.19. The molecule has 1 aromatic carbocycles. The van der Waals surface area contributed by atoms with E-state index in [2.05, 4.69) is 4.98 Å². The van der Waals surface area contributed by atoms with E-state index in [1.807, 2.05) is 44.2 Å². The number of hydrogen-bond acceptors (Lipinski definition) is 1. The fraction of sp³-hybridized carbons (Fsp3) is 0.182. The Kier molecular flexibility index (Phi) is 3.71. The molecule has 2 rings (SSSR count). The molecule has 2 aromatic rings. The van der Waals surface area contributed by atoms with Gasteiger partial charge in [0.2, 0.25) is 0 Å². The third-order valence-electron chi connectivity index (χ3n) is 1.59. The Labute approximate surface area is 83.4 Å². The molecule has 68 valence electrons. The van der Waals surface area contributed by atoms with Gasteiger partial charge >= 0.3 is 0 Å². The van der Waals surface area contributed by atoms with Crippen LogP contribution in [-0.4, -0.2) is 4.98 Å². The molecule has 0 saturated heterocycles. The highest BCUT2D eigenvalue weighted by Crippen LogP contribution is 2.20. The smallest absolute Gasteiger partial charge is 0.0716 e. The number of fused-ring (bicyclic) bond motifs is 1. The molecule has 13 heavy (non-hydrogen) atoms. The standard InChI is InChI=1S/C9H6ClN.C2H6/c10-8-4-1-5-9-7(8)3-2-6-11-9;1-2/h1-6H;1-2H3. The van der Waals surface area contributed by atoms with E-state index in [0.717, 1.165) is 15.9 Å². The highest BCUT2D eigenvalue weighted by molar-refractivity contribution is 6.35. The molecule has 0 aliphatic carbocycles. The van der Waals surface area contributed by atoms with Gasteiger partial charge in [0, 0.05) is 16.6 Å². The minimum absolute atomic E-state index is 0.760. The maximum absolute atomic E-state index is 5.92. The molecule has 1 heterocycles. The van der Waals surface area contributed by atoms with Crippen LogP contribution in [-0.2, 0) is 0 Å². The Morgan fingerprint density at radius 1 is 1.08 bits per heavy atom. The summed E-state index contributed by atoms with van der Waals surface area (Å²) in [5, 5.41) is 1.77. The highest BCUT2D eigenvalue weighted by atomic mass is 35.5. The zero-order valence-electron chi connectivity index (χ0n) is 7.79. The largest absolute Gasteiger partial charge is 0.256 e. The molecule has 0 N–H and O–H groups in total. The van der Waals surface area contributed by atoms with Gasteiger partial charge in [-0.25, -0.2) is 0 Å². The lowest BCUT2D eigenvalue weighted by atomic mass is 10.2. The second-order valence-electron chi connectivity index (χ2n) is 2.31. The minimum atomic E-state index is 0.760. The van der Waals surface area contributed by atoms with Crippen molar-refractivity contribution in [3.05, 3.63) is 41.6 Å². The van der Waals surface area contributed by atoms with E-state index in [0.29, 0.717) is 0 Å². The molecule has 0 saturated carbocycles. The summed E-state index contributed by atoms with van der Waals surface area (Å²) in [5.74, 6) is 0. The van der Waals surface area contributed by atoms with Crippen molar-refractivity contribution in [2.24, 2.45) is 0 Å². The third-order valence-corrected chi connectivity index (χ3v) is 1.92. The van der Waals surface area contributed by atoms with Gasteiger partial charge in [0.1, 0.15) is 0 Å². The topological polar surface area (TPSA) is 12.9 Å². The predicted molar refractivity (Wildman–Crippen MR) is 58.1 cm³/mol. The molecule has 1 nitrogen and oxygen atoms in total. The summed E-state index contributed by atoms with van der Waals surface area (Å²) >= 11 is 5.92. The number of pyridine rings is 1. The zero-order valence-corrected chi connectivity index (χ0v) is 8.55. The fourth-order valence-electron chi connectivity index (χ4n) is 1.07. The second-order valence-corrected chi connectivity index (χ2v) is 2.72. The summed E-state index contributed by atoms with van der Waals surface area (Å²) in [6, 6.07) is 9.56. The van der Waals surface area contributed by atoms with E-state index < -0.39 is 0 Å². The van der Waals surface area contributed by atoms with Crippen LogP contribution in [0, 0.1) is 0 Å². The zero-order chi connectivity index (χ0) is 9.68. The Bertz CT molecular complexity index is 379. The van der Waals surface area contributed by atoms with Gasteiger partial charge in [0.05, 0.1) is 5.52 Å². The predicted octanol–water partition coefficient (Wildman–Crippen LogP) is 3.91. The van der Waals surface area contributed by atoms with Crippen LogP contribution in [0.5, 0.6) is 0 Å². The molecule has 0 spiro atoms. The van der Waals surface area contributed by atoms with Gasteiger partial charge in [-0.2, -0.15) is 0 Å². The van der Waals surface area contributed by atoms with E-state index in [-0.39, 0.29) is 0 Å². The number of halogens is 1. The molecular weight excluding hydrogens is 182 g/mol. The van der Waals surface area contributed by atoms with Crippen LogP contribution < -0.4 is 0 Å². The number of aromatic nitrogens is 1. The molecule has 0 aliphatic heterocycles. The van der Waals surface area contributed by atoms with Crippen LogP contribution in [0.25, 0.3) is 10.9 Å². The van der Waals surface area contributed by atoms with E-state index in [1.54, 1.807) is 6.20 Å². The van der Waals surface area contributed by atoms with Crippen molar-refractivity contribution in [1.29, 1.82) is 0 Å². The second kappa shape index (κ2) is 4.83. The summed E-state index contributed by atoms with van der Waals surface area (Å²) < 4.78 is 0. The first kappa shape index (κ1) is 10.0. The quantitative estimate of drug-likeness (QED) is 0.618. The summed E-state index contributed by atoms with van der Waals surface area (Å²) in [6.07, 6.45) is 1.76. The van der Waals surface area contributed by atoms with Crippen LogP contribution in [0.3, 0.4) is 0 Å². The molecule has 0 fully saturated rings. The van der Waals surface area contributed by atoms with Crippen LogP contribution in [0.1, 0.15) is 13.8 Å². The van der Waals surface area contributed by atoms with Crippen molar-refractivity contribution < 1.29 is 0 Å². The van der Waals surface area contributed by atoms with Crippen LogP contribution in [0.2, 0.25) is 5.02 Å². The lowest BCUT2D eigenvalue weighted by molar-refractivity contribution is 1.41. The van der Waals surface area contributed by atoms with Crippen LogP contribution in [0.4, 0.5) is 0 Å². The first-order chi connectivity index (χ1) is 6.38. The molecule has 0 atom stereocenters.